The van der Waals surface area contributed by atoms with Crippen LogP contribution in [0.25, 0.3) is 0 Å². The summed E-state index contributed by atoms with van der Waals surface area (Å²) in [6.07, 6.45) is 4.37. The maximum Gasteiger partial charge on any atom is 0.190 e. The number of aliphatic imine (C=N–C) groups is 1. The third-order valence-corrected chi connectivity index (χ3v) is 4.68. The van der Waals surface area contributed by atoms with Crippen molar-refractivity contribution in [1.29, 1.82) is 0 Å². The molecule has 0 radical (unpaired) electrons. The molecule has 2 N–H and O–H groups in total. The first-order chi connectivity index (χ1) is 13.7. The van der Waals surface area contributed by atoms with Gasteiger partial charge in [0.05, 0.1) is 6.10 Å². The highest BCUT2D eigenvalue weighted by atomic mass is 127. The third kappa shape index (κ3) is 11.6. The molecule has 1 aromatic rings. The van der Waals surface area contributed by atoms with Crippen molar-refractivity contribution >= 4 is 29.9 Å². The third-order valence-electron chi connectivity index (χ3n) is 4.68. The highest BCUT2D eigenvalue weighted by Gasteiger charge is 2.13. The van der Waals surface area contributed by atoms with Crippen LogP contribution in [-0.2, 0) is 15.9 Å². The molecule has 1 aromatic carbocycles. The molecule has 0 aromatic heterocycles. The summed E-state index contributed by atoms with van der Waals surface area (Å²) in [7, 11) is 1.80. The Labute approximate surface area is 193 Å². The van der Waals surface area contributed by atoms with Crippen LogP contribution in [-0.4, -0.2) is 58.6 Å². The lowest BCUT2D eigenvalue weighted by Crippen LogP contribution is -2.39. The molecule has 29 heavy (non-hydrogen) atoms. The van der Waals surface area contributed by atoms with Crippen molar-refractivity contribution in [1.82, 2.24) is 10.6 Å². The van der Waals surface area contributed by atoms with E-state index in [1.165, 1.54) is 5.56 Å². The molecule has 0 spiro atoms. The molecule has 0 aliphatic carbocycles. The minimum absolute atomic E-state index is 0. The molecule has 1 aliphatic rings. The van der Waals surface area contributed by atoms with Gasteiger partial charge in [-0.2, -0.15) is 0 Å². The van der Waals surface area contributed by atoms with Gasteiger partial charge in [0.15, 0.2) is 5.96 Å². The van der Waals surface area contributed by atoms with Crippen LogP contribution in [0, 0.1) is 5.92 Å². The summed E-state index contributed by atoms with van der Waals surface area (Å²) in [6, 6.07) is 8.29. The highest BCUT2D eigenvalue weighted by Crippen LogP contribution is 2.15. The van der Waals surface area contributed by atoms with Gasteiger partial charge in [-0.15, -0.1) is 24.0 Å². The van der Waals surface area contributed by atoms with E-state index in [4.69, 9.17) is 14.2 Å². The van der Waals surface area contributed by atoms with E-state index in [9.17, 15) is 0 Å². The zero-order chi connectivity index (χ0) is 20.0. The zero-order valence-corrected chi connectivity index (χ0v) is 20.4. The lowest BCUT2D eigenvalue weighted by Gasteiger charge is -2.21. The predicted octanol–water partition coefficient (Wildman–Crippen LogP) is 3.63. The quantitative estimate of drug-likeness (QED) is 0.202. The Balaban J connectivity index is 0.00000420. The van der Waals surface area contributed by atoms with Crippen LogP contribution in [0.3, 0.4) is 0 Å². The Kier molecular flexibility index (Phi) is 14.1. The molecule has 1 heterocycles. The Hall–Kier alpha value is -1.06. The van der Waals surface area contributed by atoms with Crippen LogP contribution >= 0.6 is 24.0 Å². The van der Waals surface area contributed by atoms with Gasteiger partial charge in [0.2, 0.25) is 0 Å². The standard InChI is InChI=1S/C22H37N3O3.HI/c1-18(2)28-21-7-5-19(6-8-21)9-13-25-22(23-3)24-12-4-14-27-17-20-10-15-26-16-11-20;/h5-8,18,20H,4,9-17H2,1-3H3,(H2,23,24,25);1H. The van der Waals surface area contributed by atoms with Crippen LogP contribution in [0.2, 0.25) is 0 Å². The summed E-state index contributed by atoms with van der Waals surface area (Å²) < 4.78 is 16.8. The molecule has 7 heteroatoms. The van der Waals surface area contributed by atoms with E-state index < -0.39 is 0 Å². The second-order valence-electron chi connectivity index (χ2n) is 7.47. The van der Waals surface area contributed by atoms with Gasteiger partial charge < -0.3 is 24.8 Å². The van der Waals surface area contributed by atoms with Gasteiger partial charge in [0, 0.05) is 46.6 Å². The van der Waals surface area contributed by atoms with Crippen LogP contribution < -0.4 is 15.4 Å². The topological polar surface area (TPSA) is 64.1 Å². The van der Waals surface area contributed by atoms with Crippen molar-refractivity contribution in [3.05, 3.63) is 29.8 Å². The SMILES string of the molecule is CN=C(NCCCOCC1CCOCC1)NCCc1ccc(OC(C)C)cc1.I. The first-order valence-electron chi connectivity index (χ1n) is 10.5. The van der Waals surface area contributed by atoms with Gasteiger partial charge in [0.25, 0.3) is 0 Å². The number of hydrogen-bond acceptors (Lipinski definition) is 4. The summed E-state index contributed by atoms with van der Waals surface area (Å²) in [5.74, 6) is 2.43. The molecule has 0 bridgehead atoms. The largest absolute Gasteiger partial charge is 0.491 e. The maximum atomic E-state index is 5.80. The van der Waals surface area contributed by atoms with Crippen LogP contribution in [0.15, 0.2) is 29.3 Å². The minimum atomic E-state index is 0. The maximum absolute atomic E-state index is 5.80. The summed E-state index contributed by atoms with van der Waals surface area (Å²) in [6.45, 7) is 9.17. The number of benzene rings is 1. The van der Waals surface area contributed by atoms with Crippen molar-refractivity contribution in [3.8, 4) is 5.75 Å². The van der Waals surface area contributed by atoms with E-state index in [0.29, 0.717) is 5.92 Å². The van der Waals surface area contributed by atoms with Crippen molar-refractivity contribution in [2.45, 2.75) is 45.6 Å². The number of hydrogen-bond donors (Lipinski definition) is 2. The second kappa shape index (κ2) is 15.7. The van der Waals surface area contributed by atoms with E-state index in [-0.39, 0.29) is 30.1 Å². The minimum Gasteiger partial charge on any atom is -0.491 e. The number of nitrogens with zero attached hydrogens (tertiary/aromatic N) is 1. The van der Waals surface area contributed by atoms with Crippen molar-refractivity contribution < 1.29 is 14.2 Å². The molecule has 0 amide bonds. The summed E-state index contributed by atoms with van der Waals surface area (Å²) in [5, 5.41) is 6.70. The summed E-state index contributed by atoms with van der Waals surface area (Å²) in [5.41, 5.74) is 1.28. The van der Waals surface area contributed by atoms with E-state index in [1.807, 2.05) is 26.0 Å². The van der Waals surface area contributed by atoms with E-state index >= 15 is 0 Å². The van der Waals surface area contributed by atoms with Crippen molar-refractivity contribution in [2.24, 2.45) is 10.9 Å². The summed E-state index contributed by atoms with van der Waals surface area (Å²) >= 11 is 0. The average Bonchev–Trinajstić information content (AvgIpc) is 2.71. The molecule has 166 valence electrons. The van der Waals surface area contributed by atoms with Crippen LogP contribution in [0.5, 0.6) is 5.75 Å². The fourth-order valence-corrected chi connectivity index (χ4v) is 3.10. The predicted molar refractivity (Wildman–Crippen MR) is 130 cm³/mol. The second-order valence-corrected chi connectivity index (χ2v) is 7.47. The van der Waals surface area contributed by atoms with E-state index in [0.717, 1.165) is 76.9 Å². The average molecular weight is 519 g/mol. The first kappa shape index (κ1) is 26.0. The van der Waals surface area contributed by atoms with Crippen LogP contribution in [0.1, 0.15) is 38.7 Å². The molecule has 0 saturated carbocycles. The first-order valence-corrected chi connectivity index (χ1v) is 10.5. The molecule has 1 aliphatic heterocycles. The van der Waals surface area contributed by atoms with Crippen LogP contribution in [0.4, 0.5) is 0 Å². The fraction of sp³-hybridized carbons (Fsp3) is 0.682. The molecular formula is C22H38IN3O3. The van der Waals surface area contributed by atoms with Gasteiger partial charge in [-0.1, -0.05) is 12.1 Å². The van der Waals surface area contributed by atoms with E-state index in [2.05, 4.69) is 27.8 Å². The number of nitrogens with one attached hydrogen (secondary N) is 2. The van der Waals surface area contributed by atoms with Gasteiger partial charge in [0.1, 0.15) is 5.75 Å². The molecule has 2 rings (SSSR count). The number of halogens is 1. The highest BCUT2D eigenvalue weighted by molar-refractivity contribution is 14.0. The lowest BCUT2D eigenvalue weighted by molar-refractivity contribution is 0.0203. The van der Waals surface area contributed by atoms with Crippen molar-refractivity contribution in [3.63, 3.8) is 0 Å². The number of guanidine groups is 1. The van der Waals surface area contributed by atoms with Gasteiger partial charge >= 0.3 is 0 Å². The van der Waals surface area contributed by atoms with Crippen molar-refractivity contribution in [2.75, 3.05) is 46.6 Å². The molecule has 0 atom stereocenters. The molecule has 0 unspecified atom stereocenters. The fourth-order valence-electron chi connectivity index (χ4n) is 3.10. The zero-order valence-electron chi connectivity index (χ0n) is 18.1. The molecule has 6 nitrogen and oxygen atoms in total. The Bertz CT molecular complexity index is 561. The number of rotatable bonds is 11. The Morgan fingerprint density at radius 1 is 1.14 bits per heavy atom. The normalized spacial score (nSPS) is 15.1. The smallest absolute Gasteiger partial charge is 0.190 e. The Morgan fingerprint density at radius 3 is 2.48 bits per heavy atom. The molecule has 1 fully saturated rings. The van der Waals surface area contributed by atoms with Gasteiger partial charge in [-0.25, -0.2) is 0 Å². The van der Waals surface area contributed by atoms with Gasteiger partial charge in [-0.05, 0) is 63.1 Å². The van der Waals surface area contributed by atoms with Gasteiger partial charge in [-0.3, -0.25) is 4.99 Å². The Morgan fingerprint density at radius 2 is 1.83 bits per heavy atom. The number of ether oxygens (including phenoxy) is 3. The van der Waals surface area contributed by atoms with E-state index in [1.54, 1.807) is 7.05 Å². The summed E-state index contributed by atoms with van der Waals surface area (Å²) in [4.78, 5) is 4.28. The monoisotopic (exact) mass is 519 g/mol. The molecular weight excluding hydrogens is 481 g/mol. The lowest BCUT2D eigenvalue weighted by atomic mass is 10.0. The molecule has 1 saturated heterocycles.